The summed E-state index contributed by atoms with van der Waals surface area (Å²) in [5.41, 5.74) is 2.29. The fourth-order valence-corrected chi connectivity index (χ4v) is 3.09. The lowest BCUT2D eigenvalue weighted by atomic mass is 10.1. The van der Waals surface area contributed by atoms with Crippen LogP contribution in [0.4, 0.5) is 0 Å². The van der Waals surface area contributed by atoms with Gasteiger partial charge < -0.3 is 19.3 Å². The maximum Gasteiger partial charge on any atom is 0.341 e. The van der Waals surface area contributed by atoms with E-state index in [1.165, 1.54) is 0 Å². The van der Waals surface area contributed by atoms with E-state index in [2.05, 4.69) is 5.16 Å². The zero-order chi connectivity index (χ0) is 18.5. The van der Waals surface area contributed by atoms with E-state index in [9.17, 15) is 9.59 Å². The number of carbonyl (C=O) groups excluding carboxylic acids is 1. The Morgan fingerprint density at radius 2 is 1.92 bits per heavy atom. The summed E-state index contributed by atoms with van der Waals surface area (Å²) in [5, 5.41) is 12.6. The molecule has 3 rings (SSSR count). The summed E-state index contributed by atoms with van der Waals surface area (Å²) in [6, 6.07) is 7.01. The molecule has 1 aliphatic carbocycles. The van der Waals surface area contributed by atoms with Crippen molar-refractivity contribution >= 4 is 11.9 Å². The molecule has 0 fully saturated rings. The molecule has 0 saturated carbocycles. The quantitative estimate of drug-likeness (QED) is 0.798. The highest BCUT2D eigenvalue weighted by atomic mass is 16.5. The third-order valence-electron chi connectivity index (χ3n) is 4.45. The number of aliphatic carboxylic acids is 1. The number of hydrogen-bond acceptors (Lipinski definition) is 5. The molecular formula is C19H22N2O5. The van der Waals surface area contributed by atoms with Crippen LogP contribution in [0.15, 0.2) is 28.8 Å². The average molecular weight is 358 g/mol. The highest BCUT2D eigenvalue weighted by Gasteiger charge is 2.25. The molecule has 138 valence electrons. The van der Waals surface area contributed by atoms with E-state index in [0.717, 1.165) is 49.0 Å². The van der Waals surface area contributed by atoms with Gasteiger partial charge in [-0.3, -0.25) is 4.79 Å². The number of ether oxygens (including phenoxy) is 1. The number of carboxylic acids is 1. The molecule has 7 nitrogen and oxygen atoms in total. The predicted octanol–water partition coefficient (Wildman–Crippen LogP) is 2.68. The Labute approximate surface area is 151 Å². The van der Waals surface area contributed by atoms with Crippen molar-refractivity contribution in [2.45, 2.75) is 38.6 Å². The van der Waals surface area contributed by atoms with E-state index in [4.69, 9.17) is 14.4 Å². The van der Waals surface area contributed by atoms with Crippen LogP contribution in [0, 0.1) is 0 Å². The Morgan fingerprint density at radius 1 is 1.19 bits per heavy atom. The SMILES string of the molecule is CN(Cc1ccc(OCC(=O)O)cc1)C(=O)c1noc2c1CCCCC2. The second-order valence-electron chi connectivity index (χ2n) is 6.48. The number of aromatic nitrogens is 1. The summed E-state index contributed by atoms with van der Waals surface area (Å²) in [4.78, 5) is 24.9. The Bertz CT molecular complexity index is 782. The van der Waals surface area contributed by atoms with Gasteiger partial charge in [-0.15, -0.1) is 0 Å². The summed E-state index contributed by atoms with van der Waals surface area (Å²) >= 11 is 0. The van der Waals surface area contributed by atoms with Crippen molar-refractivity contribution in [3.05, 3.63) is 46.8 Å². The molecular weight excluding hydrogens is 336 g/mol. The van der Waals surface area contributed by atoms with Crippen LogP contribution >= 0.6 is 0 Å². The average Bonchev–Trinajstić information content (AvgIpc) is 2.88. The third kappa shape index (κ3) is 4.22. The lowest BCUT2D eigenvalue weighted by Gasteiger charge is -2.16. The molecule has 1 aromatic heterocycles. The highest BCUT2D eigenvalue weighted by Crippen LogP contribution is 2.24. The van der Waals surface area contributed by atoms with Crippen LogP contribution in [-0.4, -0.2) is 40.7 Å². The molecule has 0 aliphatic heterocycles. The molecule has 0 spiro atoms. The van der Waals surface area contributed by atoms with Crippen LogP contribution in [-0.2, 0) is 24.2 Å². The zero-order valence-electron chi connectivity index (χ0n) is 14.7. The fourth-order valence-electron chi connectivity index (χ4n) is 3.09. The van der Waals surface area contributed by atoms with Crippen LogP contribution in [0.1, 0.15) is 46.6 Å². The lowest BCUT2D eigenvalue weighted by Crippen LogP contribution is -2.27. The van der Waals surface area contributed by atoms with Crippen LogP contribution in [0.25, 0.3) is 0 Å². The first-order valence-corrected chi connectivity index (χ1v) is 8.71. The smallest absolute Gasteiger partial charge is 0.341 e. The second-order valence-corrected chi connectivity index (χ2v) is 6.48. The Balaban J connectivity index is 1.64. The van der Waals surface area contributed by atoms with Crippen molar-refractivity contribution in [3.8, 4) is 5.75 Å². The number of nitrogens with zero attached hydrogens (tertiary/aromatic N) is 2. The Hall–Kier alpha value is -2.83. The fraction of sp³-hybridized carbons (Fsp3) is 0.421. The number of carboxylic acid groups (broad SMARTS) is 1. The summed E-state index contributed by atoms with van der Waals surface area (Å²) < 4.78 is 10.5. The van der Waals surface area contributed by atoms with Crippen LogP contribution in [0.2, 0.25) is 0 Å². The number of fused-ring (bicyclic) bond motifs is 1. The molecule has 0 saturated heterocycles. The van der Waals surface area contributed by atoms with Gasteiger partial charge in [0.1, 0.15) is 11.5 Å². The maximum atomic E-state index is 12.8. The standard InChI is InChI=1S/C19H22N2O5/c1-21(11-13-7-9-14(10-8-13)25-12-17(22)23)19(24)18-15-5-3-2-4-6-16(15)26-20-18/h7-10H,2-6,11-12H2,1H3,(H,22,23). The van der Waals surface area contributed by atoms with Crippen molar-refractivity contribution in [2.24, 2.45) is 0 Å². The minimum atomic E-state index is -1.02. The third-order valence-corrected chi connectivity index (χ3v) is 4.45. The molecule has 1 aliphatic rings. The second kappa shape index (κ2) is 8.03. The van der Waals surface area contributed by atoms with Gasteiger partial charge in [-0.25, -0.2) is 4.79 Å². The summed E-state index contributed by atoms with van der Waals surface area (Å²) in [6.45, 7) is 0.0364. The van der Waals surface area contributed by atoms with Crippen LogP contribution in [0.5, 0.6) is 5.75 Å². The molecule has 0 bridgehead atoms. The van der Waals surface area contributed by atoms with Crippen LogP contribution < -0.4 is 4.74 Å². The molecule has 0 unspecified atom stereocenters. The van der Waals surface area contributed by atoms with Crippen molar-refractivity contribution in [2.75, 3.05) is 13.7 Å². The first kappa shape index (κ1) is 18.0. The number of hydrogen-bond donors (Lipinski definition) is 1. The van der Waals surface area contributed by atoms with Crippen molar-refractivity contribution in [3.63, 3.8) is 0 Å². The number of aryl methyl sites for hydroxylation is 1. The molecule has 2 aromatic rings. The largest absolute Gasteiger partial charge is 0.482 e. The Morgan fingerprint density at radius 3 is 2.65 bits per heavy atom. The predicted molar refractivity (Wildman–Crippen MR) is 93.1 cm³/mol. The minimum absolute atomic E-state index is 0.150. The van der Waals surface area contributed by atoms with Gasteiger partial charge in [-0.05, 0) is 37.0 Å². The van der Waals surface area contributed by atoms with Gasteiger partial charge >= 0.3 is 5.97 Å². The van der Waals surface area contributed by atoms with E-state index in [1.807, 2.05) is 12.1 Å². The maximum absolute atomic E-state index is 12.8. The number of amides is 1. The van der Waals surface area contributed by atoms with E-state index in [-0.39, 0.29) is 12.5 Å². The monoisotopic (exact) mass is 358 g/mol. The lowest BCUT2D eigenvalue weighted by molar-refractivity contribution is -0.139. The molecule has 7 heteroatoms. The number of carbonyl (C=O) groups is 2. The highest BCUT2D eigenvalue weighted by molar-refractivity contribution is 5.93. The molecule has 1 N–H and O–H groups in total. The number of rotatable bonds is 6. The van der Waals surface area contributed by atoms with Gasteiger partial charge in [0.25, 0.3) is 5.91 Å². The van der Waals surface area contributed by atoms with Gasteiger partial charge in [0.2, 0.25) is 0 Å². The van der Waals surface area contributed by atoms with Crippen LogP contribution in [0.3, 0.4) is 0 Å². The molecule has 1 heterocycles. The van der Waals surface area contributed by atoms with E-state index in [1.54, 1.807) is 24.1 Å². The first-order chi connectivity index (χ1) is 12.5. The van der Waals surface area contributed by atoms with Gasteiger partial charge in [0, 0.05) is 25.6 Å². The summed E-state index contributed by atoms with van der Waals surface area (Å²) in [6.07, 6.45) is 4.95. The molecule has 0 atom stereocenters. The van der Waals surface area contributed by atoms with Gasteiger partial charge in [0.15, 0.2) is 12.3 Å². The number of benzene rings is 1. The van der Waals surface area contributed by atoms with E-state index >= 15 is 0 Å². The van der Waals surface area contributed by atoms with Crippen molar-refractivity contribution < 1.29 is 24.0 Å². The molecule has 1 aromatic carbocycles. The van der Waals surface area contributed by atoms with Gasteiger partial charge in [0.05, 0.1) is 0 Å². The molecule has 1 amide bonds. The minimum Gasteiger partial charge on any atom is -0.482 e. The summed E-state index contributed by atoms with van der Waals surface area (Å²) in [7, 11) is 1.73. The zero-order valence-corrected chi connectivity index (χ0v) is 14.7. The summed E-state index contributed by atoms with van der Waals surface area (Å²) in [5.74, 6) is 0.153. The van der Waals surface area contributed by atoms with E-state index in [0.29, 0.717) is 18.0 Å². The van der Waals surface area contributed by atoms with Crippen molar-refractivity contribution in [1.29, 1.82) is 0 Å². The molecule has 0 radical (unpaired) electrons. The Kier molecular flexibility index (Phi) is 5.55. The topological polar surface area (TPSA) is 92.9 Å². The normalized spacial score (nSPS) is 13.6. The first-order valence-electron chi connectivity index (χ1n) is 8.71. The molecule has 26 heavy (non-hydrogen) atoms. The van der Waals surface area contributed by atoms with E-state index < -0.39 is 5.97 Å². The van der Waals surface area contributed by atoms with Crippen molar-refractivity contribution in [1.82, 2.24) is 10.1 Å². The van der Waals surface area contributed by atoms with Gasteiger partial charge in [-0.1, -0.05) is 23.7 Å². The van der Waals surface area contributed by atoms with Gasteiger partial charge in [-0.2, -0.15) is 0 Å².